The van der Waals surface area contributed by atoms with Crippen molar-refractivity contribution in [1.29, 1.82) is 0 Å². The topological polar surface area (TPSA) is 17.1 Å². The maximum absolute atomic E-state index is 12.8. The van der Waals surface area contributed by atoms with Gasteiger partial charge in [0, 0.05) is 11.5 Å². The number of Topliss-reactive ketones (excluding diaryl/α,β-unsaturated/α-hetero) is 1. The summed E-state index contributed by atoms with van der Waals surface area (Å²) < 4.78 is 0. The van der Waals surface area contributed by atoms with Crippen molar-refractivity contribution >= 4 is 5.78 Å². The number of rotatable bonds is 2. The van der Waals surface area contributed by atoms with E-state index in [0.29, 0.717) is 5.78 Å². The van der Waals surface area contributed by atoms with Crippen LogP contribution in [0.1, 0.15) is 45.5 Å². The van der Waals surface area contributed by atoms with E-state index in [9.17, 15) is 4.79 Å². The minimum Gasteiger partial charge on any atom is -0.294 e. The van der Waals surface area contributed by atoms with E-state index in [1.807, 2.05) is 6.07 Å². The van der Waals surface area contributed by atoms with Crippen LogP contribution in [0.15, 0.2) is 42.5 Å². The molecule has 21 heavy (non-hydrogen) atoms. The average molecular weight is 276 g/mol. The van der Waals surface area contributed by atoms with Gasteiger partial charge in [-0.2, -0.15) is 0 Å². The van der Waals surface area contributed by atoms with E-state index in [1.165, 1.54) is 35.1 Å². The third-order valence-corrected chi connectivity index (χ3v) is 5.10. The number of aryl methyl sites for hydroxylation is 3. The molecule has 0 aliphatic heterocycles. The van der Waals surface area contributed by atoms with Crippen LogP contribution in [0.5, 0.6) is 0 Å². The first kappa shape index (κ1) is 12.8. The first-order valence-corrected chi connectivity index (χ1v) is 8.04. The van der Waals surface area contributed by atoms with Gasteiger partial charge in [0.25, 0.3) is 0 Å². The van der Waals surface area contributed by atoms with Gasteiger partial charge in [-0.1, -0.05) is 36.4 Å². The standard InChI is InChI=1S/C20H20O/c21-20(19-11-9-15-6-3-7-17(15)13-19)18-10-8-14-4-1-2-5-16(14)12-18/h1-2,4-5,9,11,13,18H,3,6-8,10,12H2. The number of carbonyl (C=O) groups is 1. The minimum atomic E-state index is 0.166. The van der Waals surface area contributed by atoms with Crippen molar-refractivity contribution in [2.75, 3.05) is 0 Å². The Balaban J connectivity index is 1.59. The van der Waals surface area contributed by atoms with Gasteiger partial charge >= 0.3 is 0 Å². The summed E-state index contributed by atoms with van der Waals surface area (Å²) >= 11 is 0. The second-order valence-corrected chi connectivity index (χ2v) is 6.41. The van der Waals surface area contributed by atoms with Crippen LogP contribution < -0.4 is 0 Å². The van der Waals surface area contributed by atoms with Gasteiger partial charge in [-0.05, 0) is 66.8 Å². The number of ketones is 1. The Hall–Kier alpha value is -1.89. The summed E-state index contributed by atoms with van der Waals surface area (Å²) in [6.45, 7) is 0. The first-order chi connectivity index (χ1) is 10.3. The Labute approximate surface area is 126 Å². The highest BCUT2D eigenvalue weighted by Gasteiger charge is 2.26. The maximum Gasteiger partial charge on any atom is 0.166 e. The molecule has 0 saturated heterocycles. The molecule has 2 aliphatic carbocycles. The molecule has 0 heterocycles. The molecule has 1 heteroatoms. The summed E-state index contributed by atoms with van der Waals surface area (Å²) in [5.41, 5.74) is 6.57. The highest BCUT2D eigenvalue weighted by molar-refractivity contribution is 5.98. The molecule has 0 amide bonds. The SMILES string of the molecule is O=C(c1ccc2c(c1)CCC2)C1CCc2ccccc2C1. The number of carbonyl (C=O) groups excluding carboxylic acids is 1. The van der Waals surface area contributed by atoms with Gasteiger partial charge in [-0.3, -0.25) is 4.79 Å². The Morgan fingerprint density at radius 1 is 0.857 bits per heavy atom. The van der Waals surface area contributed by atoms with Gasteiger partial charge in [0.15, 0.2) is 5.78 Å². The van der Waals surface area contributed by atoms with Gasteiger partial charge in [0.05, 0.1) is 0 Å². The molecule has 0 N–H and O–H groups in total. The van der Waals surface area contributed by atoms with E-state index in [-0.39, 0.29) is 5.92 Å². The van der Waals surface area contributed by atoms with Crippen molar-refractivity contribution in [2.24, 2.45) is 5.92 Å². The van der Waals surface area contributed by atoms with Gasteiger partial charge in [-0.15, -0.1) is 0 Å². The maximum atomic E-state index is 12.8. The Bertz CT molecular complexity index is 699. The molecule has 0 spiro atoms. The van der Waals surface area contributed by atoms with Gasteiger partial charge in [0.1, 0.15) is 0 Å². The predicted molar refractivity (Wildman–Crippen MR) is 84.8 cm³/mol. The molecule has 2 aromatic rings. The summed E-state index contributed by atoms with van der Waals surface area (Å²) in [5, 5.41) is 0. The molecule has 2 aliphatic rings. The van der Waals surface area contributed by atoms with Crippen LogP contribution in [0.3, 0.4) is 0 Å². The quantitative estimate of drug-likeness (QED) is 0.753. The molecular formula is C20H20O. The summed E-state index contributed by atoms with van der Waals surface area (Å²) in [6, 6.07) is 14.9. The van der Waals surface area contributed by atoms with Crippen molar-refractivity contribution in [3.8, 4) is 0 Å². The van der Waals surface area contributed by atoms with Crippen LogP contribution in [0.4, 0.5) is 0 Å². The normalized spacial score (nSPS) is 19.9. The summed E-state index contributed by atoms with van der Waals surface area (Å²) in [5.74, 6) is 0.513. The Morgan fingerprint density at radius 3 is 2.52 bits per heavy atom. The first-order valence-electron chi connectivity index (χ1n) is 8.04. The van der Waals surface area contributed by atoms with Crippen molar-refractivity contribution < 1.29 is 4.79 Å². The monoisotopic (exact) mass is 276 g/mol. The van der Waals surface area contributed by atoms with E-state index >= 15 is 0 Å². The van der Waals surface area contributed by atoms with Crippen LogP contribution >= 0.6 is 0 Å². The highest BCUT2D eigenvalue weighted by atomic mass is 16.1. The summed E-state index contributed by atoms with van der Waals surface area (Å²) in [7, 11) is 0. The van der Waals surface area contributed by atoms with Crippen molar-refractivity contribution in [3.05, 3.63) is 70.3 Å². The average Bonchev–Trinajstić information content (AvgIpc) is 3.01. The smallest absolute Gasteiger partial charge is 0.166 e. The zero-order valence-electron chi connectivity index (χ0n) is 12.3. The van der Waals surface area contributed by atoms with Crippen molar-refractivity contribution in [2.45, 2.75) is 38.5 Å². The van der Waals surface area contributed by atoms with Gasteiger partial charge < -0.3 is 0 Å². The molecule has 106 valence electrons. The summed E-state index contributed by atoms with van der Waals surface area (Å²) in [4.78, 5) is 12.8. The lowest BCUT2D eigenvalue weighted by Crippen LogP contribution is -2.23. The molecule has 0 radical (unpaired) electrons. The van der Waals surface area contributed by atoms with Gasteiger partial charge in [-0.25, -0.2) is 0 Å². The zero-order valence-corrected chi connectivity index (χ0v) is 12.3. The van der Waals surface area contributed by atoms with Crippen molar-refractivity contribution in [3.63, 3.8) is 0 Å². The largest absolute Gasteiger partial charge is 0.294 e. The number of hydrogen-bond donors (Lipinski definition) is 0. The fourth-order valence-electron chi connectivity index (χ4n) is 3.88. The molecule has 0 fully saturated rings. The Morgan fingerprint density at radius 2 is 1.62 bits per heavy atom. The number of hydrogen-bond acceptors (Lipinski definition) is 1. The molecule has 0 aromatic heterocycles. The van der Waals surface area contributed by atoms with Crippen LogP contribution in [-0.2, 0) is 25.7 Å². The number of benzene rings is 2. The van der Waals surface area contributed by atoms with E-state index in [1.54, 1.807) is 0 Å². The highest BCUT2D eigenvalue weighted by Crippen LogP contribution is 2.29. The van der Waals surface area contributed by atoms with E-state index in [4.69, 9.17) is 0 Å². The predicted octanol–water partition coefficient (Wildman–Crippen LogP) is 4.16. The molecule has 4 rings (SSSR count). The molecule has 0 saturated carbocycles. The van der Waals surface area contributed by atoms with Crippen LogP contribution in [0.25, 0.3) is 0 Å². The van der Waals surface area contributed by atoms with Crippen molar-refractivity contribution in [1.82, 2.24) is 0 Å². The fraction of sp³-hybridized carbons (Fsp3) is 0.350. The number of fused-ring (bicyclic) bond motifs is 2. The summed E-state index contributed by atoms with van der Waals surface area (Å²) in [6.07, 6.45) is 6.50. The van der Waals surface area contributed by atoms with Crippen LogP contribution in [-0.4, -0.2) is 5.78 Å². The molecule has 1 atom stereocenters. The van der Waals surface area contributed by atoms with E-state index < -0.39 is 0 Å². The van der Waals surface area contributed by atoms with E-state index in [2.05, 4.69) is 36.4 Å². The van der Waals surface area contributed by atoms with E-state index in [0.717, 1.165) is 31.2 Å². The molecule has 1 unspecified atom stereocenters. The Kier molecular flexibility index (Phi) is 3.14. The second kappa shape index (κ2) is 5.14. The molecule has 0 bridgehead atoms. The molecule has 1 nitrogen and oxygen atoms in total. The molecule has 2 aromatic carbocycles. The van der Waals surface area contributed by atoms with Crippen LogP contribution in [0, 0.1) is 5.92 Å². The lowest BCUT2D eigenvalue weighted by atomic mass is 9.80. The lowest BCUT2D eigenvalue weighted by Gasteiger charge is -2.23. The second-order valence-electron chi connectivity index (χ2n) is 6.41. The lowest BCUT2D eigenvalue weighted by molar-refractivity contribution is 0.0908. The third-order valence-electron chi connectivity index (χ3n) is 5.10. The molecular weight excluding hydrogens is 256 g/mol. The third kappa shape index (κ3) is 2.31. The van der Waals surface area contributed by atoms with Gasteiger partial charge in [0.2, 0.25) is 0 Å². The minimum absolute atomic E-state index is 0.166. The fourth-order valence-corrected chi connectivity index (χ4v) is 3.88. The zero-order chi connectivity index (χ0) is 14.2. The van der Waals surface area contributed by atoms with Crippen LogP contribution in [0.2, 0.25) is 0 Å².